The van der Waals surface area contributed by atoms with E-state index in [2.05, 4.69) is 18.7 Å². The van der Waals surface area contributed by atoms with Crippen LogP contribution >= 0.6 is 0 Å². The lowest BCUT2D eigenvalue weighted by Crippen LogP contribution is -2.44. The van der Waals surface area contributed by atoms with E-state index in [0.717, 1.165) is 45.4 Å². The zero-order chi connectivity index (χ0) is 21.2. The first-order valence-corrected chi connectivity index (χ1v) is 11.1. The number of nitrogens with zero attached hydrogens (tertiary/aromatic N) is 3. The molecule has 0 aliphatic carbocycles. The first kappa shape index (κ1) is 23.2. The van der Waals surface area contributed by atoms with Crippen LogP contribution in [0.5, 0.6) is 5.75 Å². The van der Waals surface area contributed by atoms with Gasteiger partial charge in [0.1, 0.15) is 5.75 Å². The second-order valence-corrected chi connectivity index (χ2v) is 7.70. The van der Waals surface area contributed by atoms with Crippen molar-refractivity contribution in [2.75, 3.05) is 39.3 Å². The van der Waals surface area contributed by atoms with Crippen LogP contribution in [0.15, 0.2) is 24.3 Å². The molecule has 29 heavy (non-hydrogen) atoms. The normalized spacial score (nSPS) is 15.5. The Hall–Kier alpha value is -2.08. The highest BCUT2D eigenvalue weighted by Crippen LogP contribution is 2.17. The molecule has 0 bridgehead atoms. The fourth-order valence-electron chi connectivity index (χ4n) is 3.85. The number of amides is 2. The molecule has 1 atom stereocenters. The second kappa shape index (κ2) is 11.8. The number of carbonyl (C=O) groups is 2. The van der Waals surface area contributed by atoms with E-state index >= 15 is 0 Å². The number of piperidine rings is 1. The topological polar surface area (TPSA) is 53.1 Å². The summed E-state index contributed by atoms with van der Waals surface area (Å²) in [5.41, 5.74) is 1.22. The molecular weight excluding hydrogens is 366 g/mol. The van der Waals surface area contributed by atoms with E-state index in [0.29, 0.717) is 37.2 Å². The highest BCUT2D eigenvalue weighted by Gasteiger charge is 2.20. The first-order valence-electron chi connectivity index (χ1n) is 11.1. The fraction of sp³-hybridized carbons (Fsp3) is 0.652. The van der Waals surface area contributed by atoms with Gasteiger partial charge in [0.25, 0.3) is 0 Å². The number of carbonyl (C=O) groups excluding carboxylic acids is 2. The van der Waals surface area contributed by atoms with E-state index in [-0.39, 0.29) is 6.09 Å². The van der Waals surface area contributed by atoms with Crippen molar-refractivity contribution in [1.29, 1.82) is 0 Å². The predicted molar refractivity (Wildman–Crippen MR) is 116 cm³/mol. The summed E-state index contributed by atoms with van der Waals surface area (Å²) in [6, 6.07) is 8.18. The van der Waals surface area contributed by atoms with Gasteiger partial charge in [0.2, 0.25) is 5.91 Å². The summed E-state index contributed by atoms with van der Waals surface area (Å²) in [6.07, 6.45) is 3.47. The SMILES string of the molecule is CCN(CC)C(=O)Oc1ccc(CC(C)N(CC)CCN2CCCCC2=O)cc1. The van der Waals surface area contributed by atoms with Gasteiger partial charge in [-0.15, -0.1) is 0 Å². The molecule has 1 aliphatic heterocycles. The second-order valence-electron chi connectivity index (χ2n) is 7.70. The maximum absolute atomic E-state index is 12.1. The molecule has 0 saturated carbocycles. The van der Waals surface area contributed by atoms with Crippen LogP contribution in [0, 0.1) is 0 Å². The summed E-state index contributed by atoms with van der Waals surface area (Å²) in [4.78, 5) is 30.2. The molecule has 6 nitrogen and oxygen atoms in total. The van der Waals surface area contributed by atoms with Crippen molar-refractivity contribution >= 4 is 12.0 Å². The number of hydrogen-bond donors (Lipinski definition) is 0. The minimum absolute atomic E-state index is 0.301. The molecule has 1 aliphatic rings. The summed E-state index contributed by atoms with van der Waals surface area (Å²) < 4.78 is 5.44. The lowest BCUT2D eigenvalue weighted by molar-refractivity contribution is -0.133. The van der Waals surface area contributed by atoms with E-state index < -0.39 is 0 Å². The standard InChI is InChI=1S/C23H37N3O3/c1-5-24(6-2)23(28)29-21-13-11-20(12-14-21)18-19(4)25(7-3)16-17-26-15-9-8-10-22(26)27/h11-14,19H,5-10,15-18H2,1-4H3. The van der Waals surface area contributed by atoms with Crippen molar-refractivity contribution in [3.05, 3.63) is 29.8 Å². The maximum atomic E-state index is 12.1. The number of benzene rings is 1. The number of hydrogen-bond acceptors (Lipinski definition) is 4. The number of likely N-dealkylation sites (N-methyl/N-ethyl adjacent to an activating group) is 1. The van der Waals surface area contributed by atoms with Crippen molar-refractivity contribution in [1.82, 2.24) is 14.7 Å². The van der Waals surface area contributed by atoms with Gasteiger partial charge in [0, 0.05) is 45.2 Å². The number of ether oxygens (including phenoxy) is 1. The average Bonchev–Trinajstić information content (AvgIpc) is 2.72. The van der Waals surface area contributed by atoms with Crippen LogP contribution in [0.25, 0.3) is 0 Å². The van der Waals surface area contributed by atoms with E-state index in [1.54, 1.807) is 4.90 Å². The summed E-state index contributed by atoms with van der Waals surface area (Å²) in [5.74, 6) is 0.879. The quantitative estimate of drug-likeness (QED) is 0.596. The van der Waals surface area contributed by atoms with Crippen molar-refractivity contribution < 1.29 is 14.3 Å². The Balaban J connectivity index is 1.85. The van der Waals surface area contributed by atoms with E-state index in [4.69, 9.17) is 4.74 Å². The van der Waals surface area contributed by atoms with E-state index in [1.165, 1.54) is 5.56 Å². The Labute approximate surface area is 175 Å². The zero-order valence-corrected chi connectivity index (χ0v) is 18.5. The molecule has 0 aromatic heterocycles. The molecule has 2 rings (SSSR count). The Bertz CT molecular complexity index is 643. The van der Waals surface area contributed by atoms with Crippen LogP contribution in [-0.4, -0.2) is 72.0 Å². The van der Waals surface area contributed by atoms with Crippen molar-refractivity contribution in [2.24, 2.45) is 0 Å². The highest BCUT2D eigenvalue weighted by molar-refractivity contribution is 5.76. The van der Waals surface area contributed by atoms with Gasteiger partial charge in [-0.05, 0) is 64.3 Å². The molecule has 1 saturated heterocycles. The smallest absolute Gasteiger partial charge is 0.410 e. The predicted octanol–water partition coefficient (Wildman–Crippen LogP) is 3.79. The van der Waals surface area contributed by atoms with E-state index in [1.807, 2.05) is 43.0 Å². The Morgan fingerprint density at radius 1 is 1.10 bits per heavy atom. The molecule has 1 unspecified atom stereocenters. The maximum Gasteiger partial charge on any atom is 0.415 e. The van der Waals surface area contributed by atoms with Crippen molar-refractivity contribution in [3.63, 3.8) is 0 Å². The molecule has 6 heteroatoms. The van der Waals surface area contributed by atoms with Crippen LogP contribution in [0.4, 0.5) is 4.79 Å². The molecule has 0 N–H and O–H groups in total. The minimum Gasteiger partial charge on any atom is -0.410 e. The lowest BCUT2D eigenvalue weighted by Gasteiger charge is -2.32. The Kier molecular flexibility index (Phi) is 9.45. The number of rotatable bonds is 10. The Morgan fingerprint density at radius 3 is 2.38 bits per heavy atom. The number of likely N-dealkylation sites (tertiary alicyclic amines) is 1. The molecule has 2 amide bonds. The van der Waals surface area contributed by atoms with Gasteiger partial charge < -0.3 is 14.5 Å². The van der Waals surface area contributed by atoms with Crippen LogP contribution in [0.3, 0.4) is 0 Å². The molecular formula is C23H37N3O3. The van der Waals surface area contributed by atoms with Gasteiger partial charge in [-0.2, -0.15) is 0 Å². The minimum atomic E-state index is -0.305. The molecule has 1 aromatic carbocycles. The van der Waals surface area contributed by atoms with Crippen LogP contribution in [0.1, 0.15) is 52.5 Å². The molecule has 162 valence electrons. The van der Waals surface area contributed by atoms with Gasteiger partial charge in [0.15, 0.2) is 0 Å². The van der Waals surface area contributed by atoms with Crippen molar-refractivity contribution in [3.8, 4) is 5.75 Å². The third kappa shape index (κ3) is 7.03. The summed E-state index contributed by atoms with van der Waals surface area (Å²) in [5, 5.41) is 0. The summed E-state index contributed by atoms with van der Waals surface area (Å²) in [6.45, 7) is 13.1. The fourth-order valence-corrected chi connectivity index (χ4v) is 3.85. The van der Waals surface area contributed by atoms with Crippen molar-refractivity contribution in [2.45, 2.75) is 59.4 Å². The third-order valence-electron chi connectivity index (χ3n) is 5.79. The average molecular weight is 404 g/mol. The summed E-state index contributed by atoms with van der Waals surface area (Å²) in [7, 11) is 0. The largest absolute Gasteiger partial charge is 0.415 e. The van der Waals surface area contributed by atoms with Gasteiger partial charge in [-0.3, -0.25) is 9.69 Å². The highest BCUT2D eigenvalue weighted by atomic mass is 16.6. The van der Waals surface area contributed by atoms with Gasteiger partial charge >= 0.3 is 6.09 Å². The molecule has 1 fully saturated rings. The monoisotopic (exact) mass is 403 g/mol. The van der Waals surface area contributed by atoms with Gasteiger partial charge in [-0.25, -0.2) is 4.79 Å². The summed E-state index contributed by atoms with van der Waals surface area (Å²) >= 11 is 0. The molecule has 0 spiro atoms. The Morgan fingerprint density at radius 2 is 1.79 bits per heavy atom. The van der Waals surface area contributed by atoms with Gasteiger partial charge in [0.05, 0.1) is 0 Å². The first-order chi connectivity index (χ1) is 14.0. The molecule has 0 radical (unpaired) electrons. The van der Waals surface area contributed by atoms with Crippen LogP contribution < -0.4 is 4.74 Å². The van der Waals surface area contributed by atoms with Crippen LogP contribution in [0.2, 0.25) is 0 Å². The van der Waals surface area contributed by atoms with Crippen LogP contribution in [-0.2, 0) is 11.2 Å². The molecule has 1 heterocycles. The lowest BCUT2D eigenvalue weighted by atomic mass is 10.1. The van der Waals surface area contributed by atoms with Gasteiger partial charge in [-0.1, -0.05) is 19.1 Å². The zero-order valence-electron chi connectivity index (χ0n) is 18.5. The molecule has 1 aromatic rings. The van der Waals surface area contributed by atoms with E-state index in [9.17, 15) is 9.59 Å². The third-order valence-corrected chi connectivity index (χ3v) is 5.79.